The molecule has 3 N–H and O–H groups in total. The van der Waals surface area contributed by atoms with Gasteiger partial charge in [-0.15, -0.1) is 0 Å². The van der Waals surface area contributed by atoms with Crippen molar-refractivity contribution in [1.29, 1.82) is 0 Å². The topological polar surface area (TPSA) is 62.1 Å². The molecule has 0 bridgehead atoms. The first kappa shape index (κ1) is 14.0. The molecule has 1 aliphatic rings. The lowest BCUT2D eigenvalue weighted by molar-refractivity contribution is 0.0762. The van der Waals surface area contributed by atoms with Crippen LogP contribution in [0, 0.1) is 5.92 Å². The number of fused-ring (bicyclic) bond motifs is 1. The van der Waals surface area contributed by atoms with E-state index in [9.17, 15) is 4.79 Å². The van der Waals surface area contributed by atoms with Crippen LogP contribution in [0.25, 0.3) is 10.9 Å². The Morgan fingerprint density at radius 2 is 2.24 bits per heavy atom. The number of rotatable bonds is 2. The van der Waals surface area contributed by atoms with Crippen molar-refractivity contribution in [2.75, 3.05) is 18.8 Å². The molecule has 1 aromatic heterocycles. The quantitative estimate of drug-likeness (QED) is 0.831. The Hall–Kier alpha value is -1.97. The molecule has 21 heavy (non-hydrogen) atoms. The lowest BCUT2D eigenvalue weighted by Crippen LogP contribution is -2.31. The summed E-state index contributed by atoms with van der Waals surface area (Å²) in [6.45, 7) is 3.97. The summed E-state index contributed by atoms with van der Waals surface area (Å²) in [5, 5.41) is 0.927. The predicted octanol–water partition coefficient (Wildman–Crippen LogP) is 3.40. The number of hydrogen-bond acceptors (Lipinski definition) is 2. The second-order valence-electron chi connectivity index (χ2n) is 6.00. The number of anilines is 1. The molecule has 2 aromatic rings. The lowest BCUT2D eigenvalue weighted by atomic mass is 9.98. The molecule has 2 heterocycles. The SMILES string of the molecule is CCC1CCCN(C(=O)c2c[nH]c3ccc(N)cc23)CC1. The van der Waals surface area contributed by atoms with Gasteiger partial charge < -0.3 is 15.6 Å². The van der Waals surface area contributed by atoms with Gasteiger partial charge >= 0.3 is 0 Å². The van der Waals surface area contributed by atoms with Crippen LogP contribution in [0.5, 0.6) is 0 Å². The summed E-state index contributed by atoms with van der Waals surface area (Å²) in [7, 11) is 0. The normalized spacial score (nSPS) is 19.7. The number of aromatic nitrogens is 1. The van der Waals surface area contributed by atoms with E-state index in [1.165, 1.54) is 12.8 Å². The van der Waals surface area contributed by atoms with Crippen LogP contribution in [0.4, 0.5) is 5.69 Å². The monoisotopic (exact) mass is 285 g/mol. The van der Waals surface area contributed by atoms with Crippen molar-refractivity contribution in [3.8, 4) is 0 Å². The summed E-state index contributed by atoms with van der Waals surface area (Å²) in [6.07, 6.45) is 6.49. The highest BCUT2D eigenvalue weighted by Gasteiger charge is 2.22. The first-order valence-electron chi connectivity index (χ1n) is 7.85. The summed E-state index contributed by atoms with van der Waals surface area (Å²) in [6, 6.07) is 5.66. The molecule has 1 amide bonds. The van der Waals surface area contributed by atoms with Crippen molar-refractivity contribution in [2.24, 2.45) is 5.92 Å². The minimum atomic E-state index is 0.128. The maximum atomic E-state index is 12.8. The number of benzene rings is 1. The summed E-state index contributed by atoms with van der Waals surface area (Å²) in [5.74, 6) is 0.894. The molecular weight excluding hydrogens is 262 g/mol. The van der Waals surface area contributed by atoms with Crippen LogP contribution in [0.2, 0.25) is 0 Å². The fourth-order valence-electron chi connectivity index (χ4n) is 3.26. The summed E-state index contributed by atoms with van der Waals surface area (Å²) >= 11 is 0. The Kier molecular flexibility index (Phi) is 3.86. The Balaban J connectivity index is 1.85. The van der Waals surface area contributed by atoms with E-state index in [0.29, 0.717) is 5.69 Å². The van der Waals surface area contributed by atoms with E-state index in [4.69, 9.17) is 5.73 Å². The number of H-pyrrole nitrogens is 1. The van der Waals surface area contributed by atoms with Gasteiger partial charge in [0.15, 0.2) is 0 Å². The first-order valence-corrected chi connectivity index (χ1v) is 7.85. The van der Waals surface area contributed by atoms with Crippen LogP contribution < -0.4 is 5.73 Å². The number of hydrogen-bond donors (Lipinski definition) is 2. The number of nitrogens with one attached hydrogen (secondary N) is 1. The third-order valence-corrected chi connectivity index (χ3v) is 4.65. The molecule has 1 aliphatic heterocycles. The summed E-state index contributed by atoms with van der Waals surface area (Å²) in [4.78, 5) is 18.0. The van der Waals surface area contributed by atoms with Gasteiger partial charge in [-0.3, -0.25) is 4.79 Å². The second-order valence-corrected chi connectivity index (χ2v) is 6.00. The first-order chi connectivity index (χ1) is 10.2. The van der Waals surface area contributed by atoms with Crippen molar-refractivity contribution in [3.05, 3.63) is 30.0 Å². The summed E-state index contributed by atoms with van der Waals surface area (Å²) in [5.41, 5.74) is 8.25. The number of aromatic amines is 1. The molecule has 0 radical (unpaired) electrons. The van der Waals surface area contributed by atoms with Crippen LogP contribution in [-0.4, -0.2) is 28.9 Å². The average molecular weight is 285 g/mol. The van der Waals surface area contributed by atoms with E-state index in [1.54, 1.807) is 0 Å². The molecule has 0 spiro atoms. The van der Waals surface area contributed by atoms with E-state index >= 15 is 0 Å². The number of amides is 1. The molecular formula is C17H23N3O. The van der Waals surface area contributed by atoms with Crippen LogP contribution in [0.15, 0.2) is 24.4 Å². The Morgan fingerprint density at radius 1 is 1.38 bits per heavy atom. The average Bonchev–Trinajstić information content (AvgIpc) is 2.75. The molecule has 0 aliphatic carbocycles. The number of carbonyl (C=O) groups excluding carboxylic acids is 1. The van der Waals surface area contributed by atoms with Gasteiger partial charge in [-0.1, -0.05) is 13.3 Å². The van der Waals surface area contributed by atoms with Crippen LogP contribution in [-0.2, 0) is 0 Å². The highest BCUT2D eigenvalue weighted by Crippen LogP contribution is 2.25. The van der Waals surface area contributed by atoms with Crippen molar-refractivity contribution in [1.82, 2.24) is 9.88 Å². The third-order valence-electron chi connectivity index (χ3n) is 4.65. The Labute approximate surface area is 125 Å². The maximum Gasteiger partial charge on any atom is 0.256 e. The molecule has 1 aromatic carbocycles. The molecule has 112 valence electrons. The second kappa shape index (κ2) is 5.80. The number of nitrogen functional groups attached to an aromatic ring is 1. The van der Waals surface area contributed by atoms with Gasteiger partial charge in [0.2, 0.25) is 0 Å². The van der Waals surface area contributed by atoms with E-state index < -0.39 is 0 Å². The van der Waals surface area contributed by atoms with Crippen molar-refractivity contribution < 1.29 is 4.79 Å². The van der Waals surface area contributed by atoms with E-state index in [0.717, 1.165) is 48.3 Å². The molecule has 1 atom stereocenters. The third kappa shape index (κ3) is 2.75. The van der Waals surface area contributed by atoms with Gasteiger partial charge in [0.1, 0.15) is 0 Å². The van der Waals surface area contributed by atoms with Gasteiger partial charge in [0.05, 0.1) is 5.56 Å². The Bertz CT molecular complexity index is 647. The molecule has 3 rings (SSSR count). The van der Waals surface area contributed by atoms with E-state index in [-0.39, 0.29) is 5.91 Å². The molecule has 1 unspecified atom stereocenters. The molecule has 1 fully saturated rings. The van der Waals surface area contributed by atoms with Gasteiger partial charge in [-0.25, -0.2) is 0 Å². The van der Waals surface area contributed by atoms with Gasteiger partial charge in [0, 0.05) is 35.9 Å². The van der Waals surface area contributed by atoms with Crippen LogP contribution >= 0.6 is 0 Å². The molecule has 4 heteroatoms. The smallest absolute Gasteiger partial charge is 0.256 e. The van der Waals surface area contributed by atoms with Crippen molar-refractivity contribution in [2.45, 2.75) is 32.6 Å². The molecule has 0 saturated carbocycles. The number of nitrogens with two attached hydrogens (primary N) is 1. The zero-order valence-electron chi connectivity index (χ0n) is 12.6. The van der Waals surface area contributed by atoms with E-state index in [1.807, 2.05) is 29.3 Å². The van der Waals surface area contributed by atoms with Crippen LogP contribution in [0.1, 0.15) is 43.0 Å². The highest BCUT2D eigenvalue weighted by atomic mass is 16.2. The lowest BCUT2D eigenvalue weighted by Gasteiger charge is -2.20. The fraction of sp³-hybridized carbons (Fsp3) is 0.471. The van der Waals surface area contributed by atoms with Crippen LogP contribution in [0.3, 0.4) is 0 Å². The fourth-order valence-corrected chi connectivity index (χ4v) is 3.26. The van der Waals surface area contributed by atoms with Crippen molar-refractivity contribution >= 4 is 22.5 Å². The van der Waals surface area contributed by atoms with Gasteiger partial charge in [-0.2, -0.15) is 0 Å². The molecule has 1 saturated heterocycles. The Morgan fingerprint density at radius 3 is 3.05 bits per heavy atom. The van der Waals surface area contributed by atoms with Gasteiger partial charge in [0.25, 0.3) is 5.91 Å². The number of carbonyl (C=O) groups is 1. The maximum absolute atomic E-state index is 12.8. The highest BCUT2D eigenvalue weighted by molar-refractivity contribution is 6.07. The van der Waals surface area contributed by atoms with E-state index in [2.05, 4.69) is 11.9 Å². The minimum Gasteiger partial charge on any atom is -0.399 e. The largest absolute Gasteiger partial charge is 0.399 e. The number of likely N-dealkylation sites (tertiary alicyclic amines) is 1. The minimum absolute atomic E-state index is 0.128. The zero-order chi connectivity index (χ0) is 14.8. The van der Waals surface area contributed by atoms with Crippen molar-refractivity contribution in [3.63, 3.8) is 0 Å². The number of nitrogens with zero attached hydrogens (tertiary/aromatic N) is 1. The predicted molar refractivity (Wildman–Crippen MR) is 86.2 cm³/mol. The zero-order valence-corrected chi connectivity index (χ0v) is 12.6. The standard InChI is InChI=1S/C17H23N3O/c1-2-12-4-3-8-20(9-7-12)17(21)15-11-19-16-6-5-13(18)10-14(15)16/h5-6,10-12,19H,2-4,7-9,18H2,1H3. The summed E-state index contributed by atoms with van der Waals surface area (Å²) < 4.78 is 0. The van der Waals surface area contributed by atoms with Gasteiger partial charge in [-0.05, 0) is 43.4 Å². The molecule has 4 nitrogen and oxygen atoms in total.